The standard InChI is InChI=1S/C13H18BrFO2S/c1-2-8-18(16,17)9-7-12(10-14)11-3-5-13(15)6-4-11/h3-6,12H,2,7-10H2,1H3. The van der Waals surface area contributed by atoms with Crippen molar-refractivity contribution in [3.8, 4) is 0 Å². The van der Waals surface area contributed by atoms with Crippen LogP contribution in [0.15, 0.2) is 24.3 Å². The number of halogens is 2. The van der Waals surface area contributed by atoms with Crippen molar-refractivity contribution < 1.29 is 12.8 Å². The lowest BCUT2D eigenvalue weighted by Crippen LogP contribution is -2.14. The largest absolute Gasteiger partial charge is 0.229 e. The van der Waals surface area contributed by atoms with E-state index in [4.69, 9.17) is 0 Å². The molecule has 0 heterocycles. The van der Waals surface area contributed by atoms with Gasteiger partial charge in [-0.25, -0.2) is 12.8 Å². The second-order valence-corrected chi connectivity index (χ2v) is 7.29. The topological polar surface area (TPSA) is 34.1 Å². The summed E-state index contributed by atoms with van der Waals surface area (Å²) in [4.78, 5) is 0. The summed E-state index contributed by atoms with van der Waals surface area (Å²) in [6.07, 6.45) is 1.22. The lowest BCUT2D eigenvalue weighted by molar-refractivity contribution is 0.587. The zero-order valence-electron chi connectivity index (χ0n) is 10.4. The van der Waals surface area contributed by atoms with Gasteiger partial charge in [0.05, 0.1) is 5.75 Å². The van der Waals surface area contributed by atoms with Gasteiger partial charge in [0.2, 0.25) is 0 Å². The molecular weight excluding hydrogens is 319 g/mol. The summed E-state index contributed by atoms with van der Waals surface area (Å²) in [5.74, 6) is 0.266. The van der Waals surface area contributed by atoms with Gasteiger partial charge in [0.15, 0.2) is 0 Å². The normalized spacial score (nSPS) is 13.5. The molecule has 1 rings (SSSR count). The monoisotopic (exact) mass is 336 g/mol. The average Bonchev–Trinajstić information content (AvgIpc) is 2.32. The molecule has 0 saturated carbocycles. The quantitative estimate of drug-likeness (QED) is 0.714. The third-order valence-corrected chi connectivity index (χ3v) is 5.49. The Bertz CT molecular complexity index is 456. The van der Waals surface area contributed by atoms with Crippen LogP contribution in [0.3, 0.4) is 0 Å². The maximum absolute atomic E-state index is 12.8. The Balaban J connectivity index is 2.65. The molecule has 0 aliphatic carbocycles. The fraction of sp³-hybridized carbons (Fsp3) is 0.538. The molecule has 0 aliphatic heterocycles. The second kappa shape index (κ2) is 7.24. The van der Waals surface area contributed by atoms with E-state index < -0.39 is 9.84 Å². The van der Waals surface area contributed by atoms with Crippen LogP contribution in [-0.4, -0.2) is 25.3 Å². The van der Waals surface area contributed by atoms with E-state index in [9.17, 15) is 12.8 Å². The van der Waals surface area contributed by atoms with Crippen LogP contribution in [0.2, 0.25) is 0 Å². The molecule has 0 aliphatic rings. The lowest BCUT2D eigenvalue weighted by Gasteiger charge is -2.14. The first kappa shape index (κ1) is 15.6. The van der Waals surface area contributed by atoms with E-state index in [1.807, 2.05) is 6.92 Å². The number of sulfone groups is 1. The van der Waals surface area contributed by atoms with E-state index >= 15 is 0 Å². The van der Waals surface area contributed by atoms with Crippen LogP contribution in [-0.2, 0) is 9.84 Å². The van der Waals surface area contributed by atoms with Crippen molar-refractivity contribution >= 4 is 25.8 Å². The molecule has 0 N–H and O–H groups in total. The minimum absolute atomic E-state index is 0.109. The minimum Gasteiger partial charge on any atom is -0.229 e. The summed E-state index contributed by atoms with van der Waals surface area (Å²) in [6, 6.07) is 6.25. The van der Waals surface area contributed by atoms with Crippen molar-refractivity contribution in [2.75, 3.05) is 16.8 Å². The fourth-order valence-electron chi connectivity index (χ4n) is 1.80. The third-order valence-electron chi connectivity index (χ3n) is 2.82. The zero-order valence-corrected chi connectivity index (χ0v) is 12.8. The lowest BCUT2D eigenvalue weighted by atomic mass is 9.99. The zero-order chi connectivity index (χ0) is 13.6. The molecule has 0 radical (unpaired) electrons. The van der Waals surface area contributed by atoms with E-state index in [0.717, 1.165) is 5.56 Å². The molecule has 5 heteroatoms. The van der Waals surface area contributed by atoms with Gasteiger partial charge in [-0.05, 0) is 36.5 Å². The van der Waals surface area contributed by atoms with Crippen LogP contribution >= 0.6 is 15.9 Å². The van der Waals surface area contributed by atoms with Gasteiger partial charge in [0.1, 0.15) is 15.7 Å². The van der Waals surface area contributed by atoms with Gasteiger partial charge < -0.3 is 0 Å². The van der Waals surface area contributed by atoms with Gasteiger partial charge >= 0.3 is 0 Å². The maximum atomic E-state index is 12.8. The molecule has 0 saturated heterocycles. The predicted octanol–water partition coefficient (Wildman–Crippen LogP) is 3.52. The Labute approximate surface area is 117 Å². The predicted molar refractivity (Wildman–Crippen MR) is 76.5 cm³/mol. The van der Waals surface area contributed by atoms with Gasteiger partial charge in [0, 0.05) is 11.1 Å². The van der Waals surface area contributed by atoms with Gasteiger partial charge in [-0.3, -0.25) is 0 Å². The Kier molecular flexibility index (Phi) is 6.29. The van der Waals surface area contributed by atoms with Crippen molar-refractivity contribution in [2.45, 2.75) is 25.7 Å². The third kappa shape index (κ3) is 5.06. The van der Waals surface area contributed by atoms with Crippen molar-refractivity contribution in [2.24, 2.45) is 0 Å². The van der Waals surface area contributed by atoms with E-state index in [1.54, 1.807) is 12.1 Å². The van der Waals surface area contributed by atoms with Crippen LogP contribution in [0, 0.1) is 5.82 Å². The maximum Gasteiger partial charge on any atom is 0.150 e. The van der Waals surface area contributed by atoms with Crippen molar-refractivity contribution in [1.29, 1.82) is 0 Å². The van der Waals surface area contributed by atoms with Gasteiger partial charge in [-0.2, -0.15) is 0 Å². The summed E-state index contributed by atoms with van der Waals surface area (Å²) < 4.78 is 36.1. The van der Waals surface area contributed by atoms with Gasteiger partial charge in [-0.15, -0.1) is 0 Å². The molecule has 0 fully saturated rings. The molecule has 102 valence electrons. The fourth-order valence-corrected chi connectivity index (χ4v) is 3.97. The number of benzene rings is 1. The number of alkyl halides is 1. The van der Waals surface area contributed by atoms with E-state index in [0.29, 0.717) is 18.2 Å². The highest BCUT2D eigenvalue weighted by atomic mass is 79.9. The Morgan fingerprint density at radius 1 is 1.22 bits per heavy atom. The van der Waals surface area contributed by atoms with Crippen LogP contribution in [0.5, 0.6) is 0 Å². The number of hydrogen-bond donors (Lipinski definition) is 0. The first-order chi connectivity index (χ1) is 8.48. The van der Waals surface area contributed by atoms with Crippen LogP contribution < -0.4 is 0 Å². The van der Waals surface area contributed by atoms with Gasteiger partial charge in [-0.1, -0.05) is 35.0 Å². The second-order valence-electron chi connectivity index (χ2n) is 4.34. The Morgan fingerprint density at radius 3 is 2.33 bits per heavy atom. The molecule has 0 amide bonds. The van der Waals surface area contributed by atoms with E-state index in [-0.39, 0.29) is 23.2 Å². The molecule has 0 spiro atoms. The van der Waals surface area contributed by atoms with E-state index in [1.165, 1.54) is 12.1 Å². The summed E-state index contributed by atoms with van der Waals surface area (Å²) >= 11 is 3.39. The SMILES string of the molecule is CCCS(=O)(=O)CCC(CBr)c1ccc(F)cc1. The highest BCUT2D eigenvalue weighted by Gasteiger charge is 2.16. The van der Waals surface area contributed by atoms with Crippen LogP contribution in [0.1, 0.15) is 31.2 Å². The van der Waals surface area contributed by atoms with Crippen molar-refractivity contribution in [3.63, 3.8) is 0 Å². The van der Waals surface area contributed by atoms with E-state index in [2.05, 4.69) is 15.9 Å². The highest BCUT2D eigenvalue weighted by molar-refractivity contribution is 9.09. The van der Waals surface area contributed by atoms with Crippen molar-refractivity contribution in [1.82, 2.24) is 0 Å². The number of hydrogen-bond acceptors (Lipinski definition) is 2. The molecule has 1 atom stereocenters. The molecule has 0 aromatic heterocycles. The molecule has 0 bridgehead atoms. The highest BCUT2D eigenvalue weighted by Crippen LogP contribution is 2.23. The molecule has 1 aromatic carbocycles. The number of rotatable bonds is 7. The summed E-state index contributed by atoms with van der Waals surface area (Å²) in [6.45, 7) is 1.86. The summed E-state index contributed by atoms with van der Waals surface area (Å²) in [7, 11) is -2.95. The Morgan fingerprint density at radius 2 is 1.83 bits per heavy atom. The van der Waals surface area contributed by atoms with Crippen molar-refractivity contribution in [3.05, 3.63) is 35.6 Å². The molecule has 1 unspecified atom stereocenters. The molecule has 2 nitrogen and oxygen atoms in total. The first-order valence-electron chi connectivity index (χ1n) is 6.00. The molecule has 18 heavy (non-hydrogen) atoms. The minimum atomic E-state index is -2.95. The molecule has 1 aromatic rings. The first-order valence-corrected chi connectivity index (χ1v) is 8.94. The summed E-state index contributed by atoms with van der Waals surface area (Å²) in [5, 5.41) is 0.681. The summed E-state index contributed by atoms with van der Waals surface area (Å²) in [5.41, 5.74) is 0.972. The van der Waals surface area contributed by atoms with Gasteiger partial charge in [0.25, 0.3) is 0 Å². The molecular formula is C13H18BrFO2S. The smallest absolute Gasteiger partial charge is 0.150 e. The van der Waals surface area contributed by atoms with Crippen LogP contribution in [0.4, 0.5) is 4.39 Å². The average molecular weight is 337 g/mol. The van der Waals surface area contributed by atoms with Crippen LogP contribution in [0.25, 0.3) is 0 Å². The Hall–Kier alpha value is -0.420.